The Labute approximate surface area is 166 Å². The molecule has 28 heavy (non-hydrogen) atoms. The quantitative estimate of drug-likeness (QED) is 0.722. The Morgan fingerprint density at radius 3 is 2.57 bits per heavy atom. The highest BCUT2D eigenvalue weighted by atomic mass is 19.1. The first kappa shape index (κ1) is 20.7. The van der Waals surface area contributed by atoms with Crippen molar-refractivity contribution in [3.8, 4) is 0 Å². The number of amides is 2. The van der Waals surface area contributed by atoms with Crippen LogP contribution in [0.3, 0.4) is 0 Å². The fourth-order valence-corrected chi connectivity index (χ4v) is 4.34. The van der Waals surface area contributed by atoms with Gasteiger partial charge < -0.3 is 15.0 Å². The molecule has 0 radical (unpaired) electrons. The van der Waals surface area contributed by atoms with Crippen LogP contribution in [0.1, 0.15) is 36.0 Å². The molecule has 0 unspecified atom stereocenters. The van der Waals surface area contributed by atoms with Crippen molar-refractivity contribution in [3.05, 3.63) is 35.6 Å². The van der Waals surface area contributed by atoms with Crippen molar-refractivity contribution >= 4 is 11.8 Å². The highest BCUT2D eigenvalue weighted by molar-refractivity contribution is 5.94. The molecule has 2 fully saturated rings. The Hall–Kier alpha value is -1.99. The van der Waals surface area contributed by atoms with Crippen LogP contribution in [-0.2, 0) is 9.53 Å². The van der Waals surface area contributed by atoms with Crippen LogP contribution in [-0.4, -0.2) is 74.1 Å². The van der Waals surface area contributed by atoms with Crippen LogP contribution < -0.4 is 5.32 Å². The smallest absolute Gasteiger partial charge is 0.254 e. The molecule has 1 heterocycles. The molecule has 1 N–H and O–H groups in total. The third-order valence-electron chi connectivity index (χ3n) is 5.79. The molecule has 1 saturated carbocycles. The molecular weight excluding hydrogens is 361 g/mol. The highest BCUT2D eigenvalue weighted by Crippen LogP contribution is 2.31. The molecule has 7 heteroatoms. The van der Waals surface area contributed by atoms with E-state index < -0.39 is 5.82 Å². The summed E-state index contributed by atoms with van der Waals surface area (Å²) in [6.45, 7) is 3.41. The standard InChI is InChI=1S/C21H30FN3O3/c1-28-14-9-23-20(26)19(16-5-2-3-6-16)24-10-12-25(13-11-24)21(27)17-7-4-8-18(22)15-17/h4,7-8,15-16,19H,2-3,5-6,9-14H2,1H3,(H,23,26)/t19-/m1/s1. The lowest BCUT2D eigenvalue weighted by molar-refractivity contribution is -0.129. The van der Waals surface area contributed by atoms with E-state index in [1.165, 1.54) is 25.0 Å². The minimum absolute atomic E-state index is 0.0638. The van der Waals surface area contributed by atoms with Crippen molar-refractivity contribution in [3.63, 3.8) is 0 Å². The fourth-order valence-electron chi connectivity index (χ4n) is 4.34. The van der Waals surface area contributed by atoms with Gasteiger partial charge in [-0.15, -0.1) is 0 Å². The van der Waals surface area contributed by atoms with Gasteiger partial charge in [0.05, 0.1) is 12.6 Å². The summed E-state index contributed by atoms with van der Waals surface area (Å²) in [6, 6.07) is 5.66. The van der Waals surface area contributed by atoms with Gasteiger partial charge in [0.1, 0.15) is 5.82 Å². The average Bonchev–Trinajstić information content (AvgIpc) is 3.22. The predicted octanol–water partition coefficient (Wildman–Crippen LogP) is 1.90. The van der Waals surface area contributed by atoms with Crippen LogP contribution in [0.25, 0.3) is 0 Å². The zero-order valence-corrected chi connectivity index (χ0v) is 16.5. The van der Waals surface area contributed by atoms with Crippen molar-refractivity contribution in [1.29, 1.82) is 0 Å². The van der Waals surface area contributed by atoms with E-state index in [4.69, 9.17) is 4.74 Å². The minimum atomic E-state index is -0.404. The number of hydrogen-bond acceptors (Lipinski definition) is 4. The molecule has 1 aromatic carbocycles. The van der Waals surface area contributed by atoms with Crippen molar-refractivity contribution in [2.75, 3.05) is 46.4 Å². The monoisotopic (exact) mass is 391 g/mol. The lowest BCUT2D eigenvalue weighted by Crippen LogP contribution is -2.58. The Kier molecular flexibility index (Phi) is 7.39. The van der Waals surface area contributed by atoms with E-state index in [-0.39, 0.29) is 17.9 Å². The molecule has 154 valence electrons. The van der Waals surface area contributed by atoms with Crippen molar-refractivity contribution in [2.24, 2.45) is 5.92 Å². The second kappa shape index (κ2) is 9.98. The van der Waals surface area contributed by atoms with Crippen LogP contribution in [0.15, 0.2) is 24.3 Å². The first-order chi connectivity index (χ1) is 13.6. The normalized spacial score (nSPS) is 19.6. The van der Waals surface area contributed by atoms with Gasteiger partial charge in [-0.25, -0.2) is 4.39 Å². The molecular formula is C21H30FN3O3. The minimum Gasteiger partial charge on any atom is -0.383 e. The number of rotatable bonds is 7. The zero-order chi connectivity index (χ0) is 19.9. The number of methoxy groups -OCH3 is 1. The molecule has 0 aromatic heterocycles. The largest absolute Gasteiger partial charge is 0.383 e. The summed E-state index contributed by atoms with van der Waals surface area (Å²) in [4.78, 5) is 29.5. The summed E-state index contributed by atoms with van der Waals surface area (Å²) in [5.41, 5.74) is 0.373. The topological polar surface area (TPSA) is 61.9 Å². The fraction of sp³-hybridized carbons (Fsp3) is 0.619. The lowest BCUT2D eigenvalue weighted by atomic mass is 9.95. The van der Waals surface area contributed by atoms with Gasteiger partial charge in [0.15, 0.2) is 0 Å². The van der Waals surface area contributed by atoms with Gasteiger partial charge in [0.2, 0.25) is 5.91 Å². The number of piperazine rings is 1. The van der Waals surface area contributed by atoms with E-state index in [1.54, 1.807) is 24.1 Å². The molecule has 2 amide bonds. The van der Waals surface area contributed by atoms with Crippen LogP contribution in [0.2, 0.25) is 0 Å². The van der Waals surface area contributed by atoms with E-state index in [0.717, 1.165) is 12.8 Å². The highest BCUT2D eigenvalue weighted by Gasteiger charge is 2.37. The number of nitrogens with zero attached hydrogens (tertiary/aromatic N) is 2. The molecule has 6 nitrogen and oxygen atoms in total. The predicted molar refractivity (Wildman–Crippen MR) is 105 cm³/mol. The van der Waals surface area contributed by atoms with Crippen LogP contribution in [0, 0.1) is 11.7 Å². The van der Waals surface area contributed by atoms with Crippen molar-refractivity contribution in [1.82, 2.24) is 15.1 Å². The van der Waals surface area contributed by atoms with Crippen LogP contribution in [0.4, 0.5) is 4.39 Å². The van der Waals surface area contributed by atoms with Gasteiger partial charge >= 0.3 is 0 Å². The maximum absolute atomic E-state index is 13.4. The Morgan fingerprint density at radius 1 is 1.21 bits per heavy atom. The van der Waals surface area contributed by atoms with E-state index in [2.05, 4.69) is 10.2 Å². The van der Waals surface area contributed by atoms with Crippen molar-refractivity contribution < 1.29 is 18.7 Å². The molecule has 2 aliphatic rings. The van der Waals surface area contributed by atoms with Crippen LogP contribution in [0.5, 0.6) is 0 Å². The number of carbonyl (C=O) groups excluding carboxylic acids is 2. The molecule has 0 spiro atoms. The number of hydrogen-bond donors (Lipinski definition) is 1. The molecule has 1 atom stereocenters. The second-order valence-corrected chi connectivity index (χ2v) is 7.61. The Morgan fingerprint density at radius 2 is 1.93 bits per heavy atom. The number of halogens is 1. The summed E-state index contributed by atoms with van der Waals surface area (Å²) in [6.07, 6.45) is 4.49. The van der Waals surface area contributed by atoms with Gasteiger partial charge in [0.25, 0.3) is 5.91 Å². The zero-order valence-electron chi connectivity index (χ0n) is 16.5. The summed E-state index contributed by atoms with van der Waals surface area (Å²) in [5, 5.41) is 3.00. The van der Waals surface area contributed by atoms with Gasteiger partial charge in [0, 0.05) is 45.4 Å². The SMILES string of the molecule is COCCNC(=O)[C@@H](C1CCCC1)N1CCN(C(=O)c2cccc(F)c2)CC1. The molecule has 1 aromatic rings. The van der Waals surface area contributed by atoms with E-state index in [9.17, 15) is 14.0 Å². The summed E-state index contributed by atoms with van der Waals surface area (Å²) in [5.74, 6) is -0.124. The summed E-state index contributed by atoms with van der Waals surface area (Å²) < 4.78 is 18.5. The maximum atomic E-state index is 13.4. The lowest BCUT2D eigenvalue weighted by Gasteiger charge is -2.40. The second-order valence-electron chi connectivity index (χ2n) is 7.61. The summed E-state index contributed by atoms with van der Waals surface area (Å²) in [7, 11) is 1.62. The number of nitrogens with one attached hydrogen (secondary N) is 1. The molecule has 1 aliphatic heterocycles. The molecule has 1 saturated heterocycles. The Balaban J connectivity index is 1.61. The van der Waals surface area contributed by atoms with E-state index in [1.807, 2.05) is 0 Å². The molecule has 1 aliphatic carbocycles. The number of carbonyl (C=O) groups is 2. The number of benzene rings is 1. The third-order valence-corrected chi connectivity index (χ3v) is 5.79. The third kappa shape index (κ3) is 5.08. The van der Waals surface area contributed by atoms with E-state index >= 15 is 0 Å². The van der Waals surface area contributed by atoms with E-state index in [0.29, 0.717) is 50.8 Å². The van der Waals surface area contributed by atoms with Gasteiger partial charge in [-0.3, -0.25) is 14.5 Å². The first-order valence-electron chi connectivity index (χ1n) is 10.2. The van der Waals surface area contributed by atoms with Gasteiger partial charge in [-0.05, 0) is 37.0 Å². The van der Waals surface area contributed by atoms with Crippen LogP contribution >= 0.6 is 0 Å². The number of ether oxygens (including phenoxy) is 1. The molecule has 3 rings (SSSR count). The van der Waals surface area contributed by atoms with Crippen molar-refractivity contribution in [2.45, 2.75) is 31.7 Å². The molecule has 0 bridgehead atoms. The average molecular weight is 391 g/mol. The Bertz CT molecular complexity index is 671. The first-order valence-corrected chi connectivity index (χ1v) is 10.2. The van der Waals surface area contributed by atoms with Gasteiger partial charge in [-0.1, -0.05) is 18.9 Å². The summed E-state index contributed by atoms with van der Waals surface area (Å²) >= 11 is 0. The van der Waals surface area contributed by atoms with Gasteiger partial charge in [-0.2, -0.15) is 0 Å². The maximum Gasteiger partial charge on any atom is 0.254 e.